The summed E-state index contributed by atoms with van der Waals surface area (Å²) in [7, 11) is 0. The van der Waals surface area contributed by atoms with Gasteiger partial charge in [0, 0.05) is 57.7 Å². The van der Waals surface area contributed by atoms with E-state index in [2.05, 4.69) is 37.3 Å². The van der Waals surface area contributed by atoms with Crippen LogP contribution in [0, 0.1) is 24.0 Å². The summed E-state index contributed by atoms with van der Waals surface area (Å²) in [4.78, 5) is 10.6. The van der Waals surface area contributed by atoms with Gasteiger partial charge in [-0.15, -0.1) is 22.7 Å². The lowest BCUT2D eigenvalue weighted by molar-refractivity contribution is -0.385. The van der Waals surface area contributed by atoms with Crippen LogP contribution in [0.1, 0.15) is 11.1 Å². The normalized spacial score (nSPS) is 11.2. The molecule has 32 heavy (non-hydrogen) atoms. The van der Waals surface area contributed by atoms with Gasteiger partial charge in [-0.05, 0) is 49.7 Å². The molecule has 0 aliphatic heterocycles. The minimum atomic E-state index is -0.318. The van der Waals surface area contributed by atoms with Gasteiger partial charge >= 0.3 is 0 Å². The summed E-state index contributed by atoms with van der Waals surface area (Å²) in [6.45, 7) is 3.91. The first kappa shape index (κ1) is 20.4. The average Bonchev–Trinajstić information content (AvgIpc) is 3.35. The fraction of sp³-hybridized carbons (Fsp3) is 0.0769. The lowest BCUT2D eigenvalue weighted by atomic mass is 10.1. The number of anilines is 1. The van der Waals surface area contributed by atoms with Gasteiger partial charge in [0.2, 0.25) is 0 Å². The third-order valence-electron chi connectivity index (χ3n) is 5.82. The smallest absolute Gasteiger partial charge is 0.273 e. The Kier molecular flexibility index (Phi) is 5.04. The highest BCUT2D eigenvalue weighted by Crippen LogP contribution is 2.39. The van der Waals surface area contributed by atoms with Crippen LogP contribution in [0.25, 0.3) is 40.3 Å². The van der Waals surface area contributed by atoms with E-state index in [1.54, 1.807) is 17.4 Å². The van der Waals surface area contributed by atoms with Gasteiger partial charge in [-0.25, -0.2) is 0 Å². The Hall–Kier alpha value is -3.48. The van der Waals surface area contributed by atoms with Crippen molar-refractivity contribution in [1.82, 2.24) is 0 Å². The number of hydrogen-bond donors (Lipinski definition) is 1. The van der Waals surface area contributed by atoms with Gasteiger partial charge in [0.05, 0.1) is 4.92 Å². The molecular formula is C26H20N2O2S2. The Morgan fingerprint density at radius 3 is 1.75 bits per heavy atom. The molecule has 6 rings (SSSR count). The van der Waals surface area contributed by atoms with E-state index < -0.39 is 0 Å². The highest BCUT2D eigenvalue weighted by Gasteiger charge is 2.16. The van der Waals surface area contributed by atoms with Crippen LogP contribution >= 0.6 is 22.7 Å². The molecule has 0 atom stereocenters. The maximum absolute atomic E-state index is 10.9. The summed E-state index contributed by atoms with van der Waals surface area (Å²) in [5.41, 5.74) is 8.97. The Morgan fingerprint density at radius 1 is 0.688 bits per heavy atom. The molecule has 0 saturated heterocycles. The molecule has 158 valence electrons. The molecule has 0 amide bonds. The number of aryl methyl sites for hydroxylation is 2. The van der Waals surface area contributed by atoms with Gasteiger partial charge < -0.3 is 5.73 Å². The number of fused-ring (bicyclic) bond motifs is 6. The molecule has 0 spiro atoms. The van der Waals surface area contributed by atoms with Crippen LogP contribution in [-0.2, 0) is 0 Å². The minimum absolute atomic E-state index is 0.195. The topological polar surface area (TPSA) is 69.2 Å². The number of nitrogens with zero attached hydrogens (tertiary/aromatic N) is 1. The summed E-state index contributed by atoms with van der Waals surface area (Å²) in [5.74, 6) is 0. The number of nitro benzene ring substituents is 1. The zero-order chi connectivity index (χ0) is 22.4. The molecule has 0 bridgehead atoms. The standard InChI is InChI=1S/C13H9NO2S.C13H11NS/c1-8-10(14(15)16)6-7-12-13(8)9-4-2-3-5-11(9)17-12;1-8-10(14)6-7-12-13(8)9-4-2-3-5-11(9)15-12/h2-7H,1H3;2-7H,14H2,1H3. The van der Waals surface area contributed by atoms with Crippen LogP contribution in [0.3, 0.4) is 0 Å². The number of nitrogens with two attached hydrogens (primary N) is 1. The molecule has 6 aromatic rings. The quantitative estimate of drug-likeness (QED) is 0.154. The van der Waals surface area contributed by atoms with Crippen molar-refractivity contribution < 1.29 is 4.92 Å². The van der Waals surface area contributed by atoms with Gasteiger partial charge in [0.1, 0.15) is 0 Å². The fourth-order valence-corrected chi connectivity index (χ4v) is 6.51. The summed E-state index contributed by atoms with van der Waals surface area (Å²) in [6, 6.07) is 24.0. The first-order valence-corrected chi connectivity index (χ1v) is 11.8. The molecule has 2 aromatic heterocycles. The van der Waals surface area contributed by atoms with Crippen molar-refractivity contribution in [2.75, 3.05) is 5.73 Å². The Balaban J connectivity index is 0.000000136. The van der Waals surface area contributed by atoms with Crippen molar-refractivity contribution in [2.24, 2.45) is 0 Å². The second-order valence-electron chi connectivity index (χ2n) is 7.69. The van der Waals surface area contributed by atoms with Crippen molar-refractivity contribution in [3.05, 3.63) is 94.0 Å². The number of benzene rings is 4. The molecular weight excluding hydrogens is 436 g/mol. The largest absolute Gasteiger partial charge is 0.398 e. The second kappa shape index (κ2) is 7.89. The highest BCUT2D eigenvalue weighted by atomic mass is 32.1. The summed E-state index contributed by atoms with van der Waals surface area (Å²) in [5, 5.41) is 15.7. The first-order chi connectivity index (χ1) is 15.5. The third-order valence-corrected chi connectivity index (χ3v) is 8.09. The maximum atomic E-state index is 10.9. The van der Waals surface area contributed by atoms with E-state index in [4.69, 9.17) is 5.73 Å². The van der Waals surface area contributed by atoms with Crippen molar-refractivity contribution in [3.63, 3.8) is 0 Å². The van der Waals surface area contributed by atoms with Crippen LogP contribution < -0.4 is 5.73 Å². The summed E-state index contributed by atoms with van der Waals surface area (Å²) < 4.78 is 4.93. The van der Waals surface area contributed by atoms with Gasteiger partial charge in [0.15, 0.2) is 0 Å². The maximum Gasteiger partial charge on any atom is 0.273 e. The Morgan fingerprint density at radius 2 is 1.19 bits per heavy atom. The Bertz CT molecular complexity index is 1650. The zero-order valence-electron chi connectivity index (χ0n) is 17.6. The summed E-state index contributed by atoms with van der Waals surface area (Å²) >= 11 is 3.50. The van der Waals surface area contributed by atoms with Crippen molar-refractivity contribution in [1.29, 1.82) is 0 Å². The molecule has 0 unspecified atom stereocenters. The average molecular weight is 457 g/mol. The van der Waals surface area contributed by atoms with Crippen LogP contribution in [0.2, 0.25) is 0 Å². The lowest BCUT2D eigenvalue weighted by Crippen LogP contribution is -1.91. The third kappa shape index (κ3) is 3.28. The van der Waals surface area contributed by atoms with Crippen molar-refractivity contribution in [3.8, 4) is 0 Å². The van der Waals surface area contributed by atoms with E-state index in [1.165, 1.54) is 30.4 Å². The summed E-state index contributed by atoms with van der Waals surface area (Å²) in [6.07, 6.45) is 0. The molecule has 2 heterocycles. The SMILES string of the molecule is Cc1c(N)ccc2sc3ccccc3c12.Cc1c([N+](=O)[O-])ccc2sc3ccccc3c12. The molecule has 0 fully saturated rings. The number of nitro groups is 1. The number of rotatable bonds is 1. The van der Waals surface area contributed by atoms with E-state index in [9.17, 15) is 10.1 Å². The predicted octanol–water partition coefficient (Wildman–Crippen LogP) is 8.22. The van der Waals surface area contributed by atoms with Gasteiger partial charge in [-0.1, -0.05) is 36.4 Å². The van der Waals surface area contributed by atoms with Crippen LogP contribution in [0.5, 0.6) is 0 Å². The van der Waals surface area contributed by atoms with E-state index in [-0.39, 0.29) is 10.6 Å². The van der Waals surface area contributed by atoms with Crippen LogP contribution in [0.15, 0.2) is 72.8 Å². The fourth-order valence-electron chi connectivity index (χ4n) is 4.18. The molecule has 4 nitrogen and oxygen atoms in total. The van der Waals surface area contributed by atoms with E-state index >= 15 is 0 Å². The number of nitrogen functional groups attached to an aromatic ring is 1. The molecule has 0 aliphatic rings. The van der Waals surface area contributed by atoms with E-state index in [0.717, 1.165) is 26.7 Å². The van der Waals surface area contributed by atoms with E-state index in [0.29, 0.717) is 0 Å². The van der Waals surface area contributed by atoms with E-state index in [1.807, 2.05) is 54.7 Å². The predicted molar refractivity (Wildman–Crippen MR) is 139 cm³/mol. The van der Waals surface area contributed by atoms with Crippen LogP contribution in [0.4, 0.5) is 11.4 Å². The molecule has 6 heteroatoms. The zero-order valence-corrected chi connectivity index (χ0v) is 19.2. The second-order valence-corrected chi connectivity index (χ2v) is 9.86. The first-order valence-electron chi connectivity index (χ1n) is 10.2. The monoisotopic (exact) mass is 456 g/mol. The van der Waals surface area contributed by atoms with Gasteiger partial charge in [-0.3, -0.25) is 10.1 Å². The highest BCUT2D eigenvalue weighted by molar-refractivity contribution is 7.26. The minimum Gasteiger partial charge on any atom is -0.398 e. The van der Waals surface area contributed by atoms with Gasteiger partial charge in [-0.2, -0.15) is 0 Å². The van der Waals surface area contributed by atoms with Gasteiger partial charge in [0.25, 0.3) is 5.69 Å². The van der Waals surface area contributed by atoms with Crippen molar-refractivity contribution in [2.45, 2.75) is 13.8 Å². The number of thiophene rings is 2. The van der Waals surface area contributed by atoms with Crippen molar-refractivity contribution >= 4 is 74.4 Å². The van der Waals surface area contributed by atoms with Crippen LogP contribution in [-0.4, -0.2) is 4.92 Å². The molecule has 2 N–H and O–H groups in total. The molecule has 0 saturated carbocycles. The Labute approximate surface area is 192 Å². The molecule has 0 aliphatic carbocycles. The molecule has 0 radical (unpaired) electrons. The lowest BCUT2D eigenvalue weighted by Gasteiger charge is -2.01. The molecule has 4 aromatic carbocycles. The number of hydrogen-bond acceptors (Lipinski definition) is 5.